The number of thiazole rings is 1. The molecule has 1 heterocycles. The molecule has 108 valence electrons. The van der Waals surface area contributed by atoms with Crippen molar-refractivity contribution >= 4 is 32.9 Å². The Hall–Kier alpha value is -1.33. The van der Waals surface area contributed by atoms with Crippen LogP contribution >= 0.6 is 11.3 Å². The fraction of sp³-hybridized carbons (Fsp3) is 0.533. The molecule has 0 atom stereocenters. The van der Waals surface area contributed by atoms with Crippen molar-refractivity contribution in [2.45, 2.75) is 32.6 Å². The van der Waals surface area contributed by atoms with Gasteiger partial charge in [-0.25, -0.2) is 4.98 Å². The number of nitrogens with one attached hydrogen (secondary N) is 1. The molecular formula is C15H21N3OS. The molecule has 1 aliphatic rings. The van der Waals surface area contributed by atoms with Crippen LogP contribution in [0.4, 0.5) is 11.4 Å². The van der Waals surface area contributed by atoms with Crippen molar-refractivity contribution in [3.05, 3.63) is 17.1 Å². The van der Waals surface area contributed by atoms with Crippen LogP contribution in [-0.2, 0) is 0 Å². The molecule has 5 heteroatoms. The predicted molar refractivity (Wildman–Crippen MR) is 85.2 cm³/mol. The van der Waals surface area contributed by atoms with E-state index in [1.807, 2.05) is 19.1 Å². The Labute approximate surface area is 123 Å². The van der Waals surface area contributed by atoms with Crippen LogP contribution < -0.4 is 11.1 Å². The summed E-state index contributed by atoms with van der Waals surface area (Å²) in [6.07, 6.45) is 4.60. The number of hydrogen-bond acceptors (Lipinski definition) is 5. The first kappa shape index (κ1) is 13.6. The van der Waals surface area contributed by atoms with Crippen LogP contribution in [0.25, 0.3) is 10.2 Å². The third-order valence-electron chi connectivity index (χ3n) is 4.32. The van der Waals surface area contributed by atoms with Crippen molar-refractivity contribution < 1.29 is 5.11 Å². The summed E-state index contributed by atoms with van der Waals surface area (Å²) in [5, 5.41) is 14.1. The van der Waals surface area contributed by atoms with Crippen molar-refractivity contribution in [2.24, 2.45) is 5.41 Å². The van der Waals surface area contributed by atoms with Gasteiger partial charge in [0.2, 0.25) is 0 Å². The van der Waals surface area contributed by atoms with Crippen LogP contribution in [0, 0.1) is 12.3 Å². The normalized spacial score (nSPS) is 17.7. The molecule has 0 aliphatic heterocycles. The van der Waals surface area contributed by atoms with Crippen molar-refractivity contribution in [1.29, 1.82) is 0 Å². The van der Waals surface area contributed by atoms with Crippen LogP contribution in [0.3, 0.4) is 0 Å². The highest BCUT2D eigenvalue weighted by Gasteiger charge is 2.33. The summed E-state index contributed by atoms with van der Waals surface area (Å²) < 4.78 is 1.13. The lowest BCUT2D eigenvalue weighted by Gasteiger charge is -2.27. The molecule has 1 aromatic carbocycles. The number of benzene rings is 1. The van der Waals surface area contributed by atoms with E-state index in [0.717, 1.165) is 46.0 Å². The number of aliphatic hydroxyl groups is 1. The van der Waals surface area contributed by atoms with Crippen molar-refractivity contribution in [2.75, 3.05) is 24.2 Å². The number of anilines is 2. The number of fused-ring (bicyclic) bond motifs is 1. The van der Waals surface area contributed by atoms with E-state index in [0.29, 0.717) is 0 Å². The summed E-state index contributed by atoms with van der Waals surface area (Å²) in [5.74, 6) is 0. The lowest BCUT2D eigenvalue weighted by atomic mass is 9.87. The summed E-state index contributed by atoms with van der Waals surface area (Å²) in [7, 11) is 0. The van der Waals surface area contributed by atoms with Gasteiger partial charge in [0.15, 0.2) is 0 Å². The zero-order valence-electron chi connectivity index (χ0n) is 11.8. The summed E-state index contributed by atoms with van der Waals surface area (Å²) in [5.41, 5.74) is 8.83. The van der Waals surface area contributed by atoms with Crippen LogP contribution in [0.5, 0.6) is 0 Å². The lowest BCUT2D eigenvalue weighted by Crippen LogP contribution is -2.30. The van der Waals surface area contributed by atoms with E-state index < -0.39 is 0 Å². The van der Waals surface area contributed by atoms with E-state index in [4.69, 9.17) is 5.73 Å². The molecule has 4 nitrogen and oxygen atoms in total. The highest BCUT2D eigenvalue weighted by Crippen LogP contribution is 2.38. The zero-order chi connectivity index (χ0) is 14.2. The van der Waals surface area contributed by atoms with Gasteiger partial charge in [-0.3, -0.25) is 0 Å². The van der Waals surface area contributed by atoms with Crippen LogP contribution in [0.2, 0.25) is 0 Å². The summed E-state index contributed by atoms with van der Waals surface area (Å²) in [6.45, 7) is 3.04. The molecule has 0 bridgehead atoms. The summed E-state index contributed by atoms with van der Waals surface area (Å²) in [6, 6.07) is 4.01. The Kier molecular flexibility index (Phi) is 3.56. The molecule has 2 aromatic rings. The van der Waals surface area contributed by atoms with Crippen molar-refractivity contribution in [1.82, 2.24) is 4.98 Å². The first-order valence-corrected chi connectivity index (χ1v) is 7.95. The SMILES string of the molecule is Cc1nc2cc(NCC3(CO)CCCC3)c(N)cc2s1. The van der Waals surface area contributed by atoms with E-state index in [9.17, 15) is 5.11 Å². The minimum Gasteiger partial charge on any atom is -0.397 e. The Balaban J connectivity index is 1.81. The Morgan fingerprint density at radius 2 is 2.15 bits per heavy atom. The molecule has 3 rings (SSSR count). The molecule has 1 fully saturated rings. The van der Waals surface area contributed by atoms with E-state index in [-0.39, 0.29) is 12.0 Å². The molecule has 1 aliphatic carbocycles. The van der Waals surface area contributed by atoms with Crippen LogP contribution in [-0.4, -0.2) is 23.2 Å². The van der Waals surface area contributed by atoms with E-state index in [1.54, 1.807) is 11.3 Å². The van der Waals surface area contributed by atoms with Gasteiger partial charge in [-0.05, 0) is 31.9 Å². The van der Waals surface area contributed by atoms with Gasteiger partial charge in [0, 0.05) is 12.0 Å². The van der Waals surface area contributed by atoms with Crippen molar-refractivity contribution in [3.63, 3.8) is 0 Å². The number of nitrogens with two attached hydrogens (primary N) is 1. The molecule has 1 aromatic heterocycles. The second-order valence-corrected chi connectivity index (χ2v) is 7.09. The third kappa shape index (κ3) is 2.47. The third-order valence-corrected chi connectivity index (χ3v) is 5.25. The molecule has 20 heavy (non-hydrogen) atoms. The second-order valence-electron chi connectivity index (χ2n) is 5.86. The average Bonchev–Trinajstić information content (AvgIpc) is 3.02. The van der Waals surface area contributed by atoms with Gasteiger partial charge in [-0.15, -0.1) is 11.3 Å². The molecule has 0 radical (unpaired) electrons. The number of nitrogens with zero attached hydrogens (tertiary/aromatic N) is 1. The minimum atomic E-state index is 0.0272. The molecule has 1 saturated carbocycles. The maximum absolute atomic E-state index is 9.66. The minimum absolute atomic E-state index is 0.0272. The topological polar surface area (TPSA) is 71.2 Å². The summed E-state index contributed by atoms with van der Waals surface area (Å²) >= 11 is 1.66. The first-order chi connectivity index (χ1) is 9.62. The largest absolute Gasteiger partial charge is 0.397 e. The monoisotopic (exact) mass is 291 g/mol. The Bertz CT molecular complexity index is 617. The molecule has 0 spiro atoms. The number of aryl methyl sites for hydroxylation is 1. The summed E-state index contributed by atoms with van der Waals surface area (Å²) in [4.78, 5) is 4.51. The van der Waals surface area contributed by atoms with Gasteiger partial charge in [0.1, 0.15) is 0 Å². The fourth-order valence-electron chi connectivity index (χ4n) is 3.06. The number of nitrogen functional groups attached to an aromatic ring is 1. The van der Waals surface area contributed by atoms with Crippen LogP contribution in [0.15, 0.2) is 12.1 Å². The second kappa shape index (κ2) is 5.22. The number of aliphatic hydroxyl groups excluding tert-OH is 1. The molecule has 0 amide bonds. The molecule has 0 saturated heterocycles. The predicted octanol–water partition coefficient (Wildman–Crippen LogP) is 3.15. The fourth-order valence-corrected chi connectivity index (χ4v) is 3.91. The Morgan fingerprint density at radius 1 is 1.40 bits per heavy atom. The number of hydrogen-bond donors (Lipinski definition) is 3. The highest BCUT2D eigenvalue weighted by atomic mass is 32.1. The maximum atomic E-state index is 9.66. The number of rotatable bonds is 4. The van der Waals surface area contributed by atoms with E-state index in [2.05, 4.69) is 10.3 Å². The molecular weight excluding hydrogens is 270 g/mol. The zero-order valence-corrected chi connectivity index (χ0v) is 12.6. The van der Waals surface area contributed by atoms with Crippen molar-refractivity contribution in [3.8, 4) is 0 Å². The van der Waals surface area contributed by atoms with E-state index >= 15 is 0 Å². The number of aromatic nitrogens is 1. The van der Waals surface area contributed by atoms with Gasteiger partial charge < -0.3 is 16.2 Å². The lowest BCUT2D eigenvalue weighted by molar-refractivity contribution is 0.142. The smallest absolute Gasteiger partial charge is 0.0907 e. The van der Waals surface area contributed by atoms with Crippen LogP contribution in [0.1, 0.15) is 30.7 Å². The quantitative estimate of drug-likeness (QED) is 0.757. The average molecular weight is 291 g/mol. The van der Waals surface area contributed by atoms with Gasteiger partial charge in [0.05, 0.1) is 33.2 Å². The highest BCUT2D eigenvalue weighted by molar-refractivity contribution is 7.18. The Morgan fingerprint density at radius 3 is 2.85 bits per heavy atom. The van der Waals surface area contributed by atoms with Gasteiger partial charge >= 0.3 is 0 Å². The van der Waals surface area contributed by atoms with E-state index in [1.165, 1.54) is 12.8 Å². The standard InChI is InChI=1S/C15H21N3OS/c1-10-18-13-7-12(11(16)6-14(13)20-10)17-8-15(9-19)4-2-3-5-15/h6-7,17,19H,2-5,8-9,16H2,1H3. The van der Waals surface area contributed by atoms with Gasteiger partial charge in [0.25, 0.3) is 0 Å². The first-order valence-electron chi connectivity index (χ1n) is 7.13. The maximum Gasteiger partial charge on any atom is 0.0907 e. The van der Waals surface area contributed by atoms with Gasteiger partial charge in [-0.1, -0.05) is 12.8 Å². The molecule has 4 N–H and O–H groups in total. The van der Waals surface area contributed by atoms with Gasteiger partial charge in [-0.2, -0.15) is 0 Å². The molecule has 0 unspecified atom stereocenters.